The maximum absolute atomic E-state index is 3.92. The number of rotatable bonds is 2. The van der Waals surface area contributed by atoms with Gasteiger partial charge >= 0.3 is 0 Å². The van der Waals surface area contributed by atoms with Gasteiger partial charge in [0.25, 0.3) is 0 Å². The van der Waals surface area contributed by atoms with Gasteiger partial charge in [0, 0.05) is 4.47 Å². The first-order chi connectivity index (χ1) is 9.67. The van der Waals surface area contributed by atoms with Crippen molar-refractivity contribution in [2.45, 2.75) is 10.7 Å². The van der Waals surface area contributed by atoms with E-state index >= 15 is 0 Å². The average Bonchev–Trinajstić information content (AvgIpc) is 2.48. The number of benzene rings is 2. The van der Waals surface area contributed by atoms with Crippen LogP contribution in [-0.4, -0.2) is 0 Å². The van der Waals surface area contributed by atoms with Gasteiger partial charge < -0.3 is 0 Å². The molecule has 0 saturated carbocycles. The van der Waals surface area contributed by atoms with Gasteiger partial charge in [0.15, 0.2) is 0 Å². The number of hydrogen-bond acceptors (Lipinski definition) is 0. The van der Waals surface area contributed by atoms with Gasteiger partial charge in [-0.2, -0.15) is 0 Å². The molecule has 3 rings (SSSR count). The Balaban J connectivity index is 1.95. The molecule has 0 saturated heterocycles. The second-order valence-electron chi connectivity index (χ2n) is 4.97. The van der Waals surface area contributed by atoms with Gasteiger partial charge in [-0.05, 0) is 35.3 Å². The fourth-order valence-electron chi connectivity index (χ4n) is 2.51. The molecular formula is C18H14Br2. The highest BCUT2D eigenvalue weighted by molar-refractivity contribution is 9.10. The predicted octanol–water partition coefficient (Wildman–Crippen LogP) is 6.08. The van der Waals surface area contributed by atoms with Crippen LogP contribution in [0.15, 0.2) is 77.3 Å². The summed E-state index contributed by atoms with van der Waals surface area (Å²) in [4.78, 5) is 0. The van der Waals surface area contributed by atoms with Crippen molar-refractivity contribution in [1.82, 2.24) is 0 Å². The van der Waals surface area contributed by atoms with E-state index in [0.717, 1.165) is 10.9 Å². The highest BCUT2D eigenvalue weighted by Gasteiger charge is 2.29. The molecular weight excluding hydrogens is 376 g/mol. The second-order valence-corrected chi connectivity index (χ2v) is 7.30. The molecule has 2 aromatic carbocycles. The Kier molecular flexibility index (Phi) is 3.95. The lowest BCUT2D eigenvalue weighted by Crippen LogP contribution is -2.17. The molecule has 2 heteroatoms. The highest BCUT2D eigenvalue weighted by atomic mass is 79.9. The lowest BCUT2D eigenvalue weighted by molar-refractivity contribution is 0.810. The topological polar surface area (TPSA) is 0 Å². The summed E-state index contributed by atoms with van der Waals surface area (Å²) in [5.74, 6) is 0. The largest absolute Gasteiger partial charge is 0.0752 e. The number of hydrogen-bond donors (Lipinski definition) is 0. The van der Waals surface area contributed by atoms with Gasteiger partial charge in [-0.3, -0.25) is 0 Å². The smallest absolute Gasteiger partial charge is 0.0729 e. The zero-order chi connectivity index (χ0) is 14.0. The monoisotopic (exact) mass is 388 g/mol. The molecule has 0 aromatic heterocycles. The van der Waals surface area contributed by atoms with E-state index in [2.05, 4.69) is 105 Å². The molecule has 1 aliphatic carbocycles. The van der Waals surface area contributed by atoms with Crippen molar-refractivity contribution >= 4 is 37.4 Å². The second kappa shape index (κ2) is 5.71. The number of halogens is 2. The van der Waals surface area contributed by atoms with Gasteiger partial charge in [0.1, 0.15) is 0 Å². The molecule has 0 N–H and O–H groups in total. The summed E-state index contributed by atoms with van der Waals surface area (Å²) in [6.45, 7) is 0. The summed E-state index contributed by atoms with van der Waals surface area (Å²) in [6.07, 6.45) is 7.51. The molecule has 0 amide bonds. The standard InChI is InChI=1S/C18H14Br2/c19-17-10-4-6-14(12-17)15-7-5-11-18(20,13-15)16-8-2-1-3-9-16/h1-12H,13H2. The van der Waals surface area contributed by atoms with Crippen LogP contribution in [-0.2, 0) is 4.32 Å². The summed E-state index contributed by atoms with van der Waals surface area (Å²) in [5, 5.41) is 0. The van der Waals surface area contributed by atoms with E-state index in [0.29, 0.717) is 0 Å². The van der Waals surface area contributed by atoms with Crippen LogP contribution in [0.3, 0.4) is 0 Å². The van der Waals surface area contributed by atoms with E-state index in [1.54, 1.807) is 0 Å². The maximum atomic E-state index is 3.92. The molecule has 1 unspecified atom stereocenters. The molecule has 0 fully saturated rings. The molecule has 0 nitrogen and oxygen atoms in total. The Bertz CT molecular complexity index is 671. The summed E-state index contributed by atoms with van der Waals surface area (Å²) < 4.78 is 1.01. The Morgan fingerprint density at radius 3 is 2.50 bits per heavy atom. The zero-order valence-corrected chi connectivity index (χ0v) is 14.1. The summed E-state index contributed by atoms with van der Waals surface area (Å²) in [7, 11) is 0. The third-order valence-electron chi connectivity index (χ3n) is 3.55. The van der Waals surface area contributed by atoms with Crippen molar-refractivity contribution < 1.29 is 0 Å². The first-order valence-electron chi connectivity index (χ1n) is 6.56. The fourth-order valence-corrected chi connectivity index (χ4v) is 3.63. The van der Waals surface area contributed by atoms with Crippen molar-refractivity contribution in [2.75, 3.05) is 0 Å². The van der Waals surface area contributed by atoms with Gasteiger partial charge in [0.05, 0.1) is 4.32 Å². The summed E-state index contributed by atoms with van der Waals surface area (Å²) >= 11 is 7.47. The number of alkyl halides is 1. The van der Waals surface area contributed by atoms with Crippen LogP contribution in [0.5, 0.6) is 0 Å². The van der Waals surface area contributed by atoms with Gasteiger partial charge in [-0.15, -0.1) is 0 Å². The molecule has 1 aliphatic rings. The van der Waals surface area contributed by atoms with Crippen LogP contribution < -0.4 is 0 Å². The lowest BCUT2D eigenvalue weighted by atomic mass is 9.85. The van der Waals surface area contributed by atoms with Gasteiger partial charge in [-0.1, -0.05) is 92.6 Å². The molecule has 0 aliphatic heterocycles. The van der Waals surface area contributed by atoms with Crippen LogP contribution >= 0.6 is 31.9 Å². The van der Waals surface area contributed by atoms with Crippen LogP contribution in [0.25, 0.3) is 5.57 Å². The van der Waals surface area contributed by atoms with Gasteiger partial charge in [0.2, 0.25) is 0 Å². The van der Waals surface area contributed by atoms with Crippen molar-refractivity contribution in [3.8, 4) is 0 Å². The molecule has 0 heterocycles. The molecule has 1 atom stereocenters. The normalized spacial score (nSPS) is 21.6. The van der Waals surface area contributed by atoms with Gasteiger partial charge in [-0.25, -0.2) is 0 Å². The third kappa shape index (κ3) is 2.82. The maximum Gasteiger partial charge on any atom is 0.0729 e. The predicted molar refractivity (Wildman–Crippen MR) is 92.9 cm³/mol. The first-order valence-corrected chi connectivity index (χ1v) is 8.15. The minimum absolute atomic E-state index is 0.110. The lowest BCUT2D eigenvalue weighted by Gasteiger charge is -2.28. The molecule has 0 bridgehead atoms. The Morgan fingerprint density at radius 2 is 1.75 bits per heavy atom. The van der Waals surface area contributed by atoms with Crippen LogP contribution in [0.1, 0.15) is 17.5 Å². The van der Waals surface area contributed by atoms with Crippen LogP contribution in [0, 0.1) is 0 Å². The van der Waals surface area contributed by atoms with Crippen LogP contribution in [0.2, 0.25) is 0 Å². The molecule has 0 spiro atoms. The van der Waals surface area contributed by atoms with Crippen molar-refractivity contribution in [2.24, 2.45) is 0 Å². The molecule has 20 heavy (non-hydrogen) atoms. The van der Waals surface area contributed by atoms with Crippen molar-refractivity contribution in [3.05, 3.63) is 88.4 Å². The minimum Gasteiger partial charge on any atom is -0.0752 e. The Labute approximate surface area is 136 Å². The Hall–Kier alpha value is -1.12. The quantitative estimate of drug-likeness (QED) is 0.545. The average molecular weight is 390 g/mol. The Morgan fingerprint density at radius 1 is 0.950 bits per heavy atom. The van der Waals surface area contributed by atoms with Crippen molar-refractivity contribution in [1.29, 1.82) is 0 Å². The first kappa shape index (κ1) is 13.8. The van der Waals surface area contributed by atoms with Crippen molar-refractivity contribution in [3.63, 3.8) is 0 Å². The van der Waals surface area contributed by atoms with E-state index in [1.165, 1.54) is 16.7 Å². The summed E-state index contributed by atoms with van der Waals surface area (Å²) in [5.41, 5.74) is 3.90. The fraction of sp³-hybridized carbons (Fsp3) is 0.111. The van der Waals surface area contributed by atoms with E-state index in [1.807, 2.05) is 0 Å². The minimum atomic E-state index is -0.110. The number of allylic oxidation sites excluding steroid dienone is 4. The zero-order valence-electron chi connectivity index (χ0n) is 10.9. The van der Waals surface area contributed by atoms with E-state index < -0.39 is 0 Å². The van der Waals surface area contributed by atoms with Crippen LogP contribution in [0.4, 0.5) is 0 Å². The molecule has 100 valence electrons. The van der Waals surface area contributed by atoms with E-state index in [9.17, 15) is 0 Å². The SMILES string of the molecule is Brc1cccc(C2=CC=CC(Br)(c3ccccc3)C2)c1. The van der Waals surface area contributed by atoms with E-state index in [4.69, 9.17) is 0 Å². The van der Waals surface area contributed by atoms with E-state index in [-0.39, 0.29) is 4.32 Å². The molecule has 2 aromatic rings. The highest BCUT2D eigenvalue weighted by Crippen LogP contribution is 2.44. The third-order valence-corrected chi connectivity index (χ3v) is 5.05. The summed E-state index contributed by atoms with van der Waals surface area (Å²) in [6, 6.07) is 19.0. The molecule has 0 radical (unpaired) electrons.